The van der Waals surface area contributed by atoms with Crippen LogP contribution in [0, 0.1) is 0 Å². The largest absolute Gasteiger partial charge is 0.480 e. The Labute approximate surface area is 74.5 Å². The molecule has 0 aliphatic heterocycles. The molecule has 0 aliphatic carbocycles. The van der Waals surface area contributed by atoms with E-state index in [1.54, 1.807) is 0 Å². The molecule has 0 spiro atoms. The monoisotopic (exact) mass is 211 g/mol. The van der Waals surface area contributed by atoms with Gasteiger partial charge in [-0.05, 0) is 6.42 Å². The minimum Gasteiger partial charge on any atom is -0.480 e. The van der Waals surface area contributed by atoms with E-state index in [0.717, 1.165) is 0 Å². The number of aliphatic carboxylic acids is 1. The average molecular weight is 211 g/mol. The normalized spacial score (nSPS) is 13.3. The van der Waals surface area contributed by atoms with Crippen molar-refractivity contribution in [3.63, 3.8) is 0 Å². The third-order valence-electron chi connectivity index (χ3n) is 1.27. The van der Waals surface area contributed by atoms with Gasteiger partial charge in [-0.25, -0.2) is 0 Å². The molecule has 0 radical (unpaired) electrons. The number of hydrogen-bond acceptors (Lipinski definition) is 4. The van der Waals surface area contributed by atoms with Crippen LogP contribution in [0.4, 0.5) is 0 Å². The topological polar surface area (TPSA) is 121 Å². The maximum Gasteiger partial charge on any atom is 0.324 e. The summed E-state index contributed by atoms with van der Waals surface area (Å²) < 4.78 is 29.3. The van der Waals surface area contributed by atoms with Gasteiger partial charge in [0.1, 0.15) is 0 Å². The predicted octanol–water partition coefficient (Wildman–Crippen LogP) is -1.54. The molecule has 8 heteroatoms. The van der Waals surface area contributed by atoms with Crippen LogP contribution in [0.3, 0.4) is 0 Å². The van der Waals surface area contributed by atoms with E-state index in [-0.39, 0.29) is 13.0 Å². The van der Waals surface area contributed by atoms with Crippen LogP contribution in [0.1, 0.15) is 6.42 Å². The van der Waals surface area contributed by atoms with Gasteiger partial charge in [0.15, 0.2) is 5.25 Å². The van der Waals surface area contributed by atoms with Crippen LogP contribution in [-0.4, -0.2) is 42.3 Å². The summed E-state index contributed by atoms with van der Waals surface area (Å²) in [6.07, 6.45) is -0.0597. The first-order valence-corrected chi connectivity index (χ1v) is 4.76. The molecule has 0 aliphatic rings. The van der Waals surface area contributed by atoms with Gasteiger partial charge in [0.2, 0.25) is 6.41 Å². The SMILES string of the molecule is O=CNCC[C@H](C(=O)O)S(=O)(=O)O. The van der Waals surface area contributed by atoms with Gasteiger partial charge in [-0.1, -0.05) is 0 Å². The van der Waals surface area contributed by atoms with Crippen LogP contribution in [-0.2, 0) is 19.7 Å². The van der Waals surface area contributed by atoms with Crippen LogP contribution in [0.15, 0.2) is 0 Å². The first-order valence-electron chi connectivity index (χ1n) is 3.25. The van der Waals surface area contributed by atoms with E-state index >= 15 is 0 Å². The molecule has 0 rings (SSSR count). The van der Waals surface area contributed by atoms with Gasteiger partial charge >= 0.3 is 5.97 Å². The number of rotatable bonds is 6. The molecule has 0 unspecified atom stereocenters. The van der Waals surface area contributed by atoms with E-state index in [4.69, 9.17) is 9.66 Å². The van der Waals surface area contributed by atoms with Crippen LogP contribution < -0.4 is 5.32 Å². The smallest absolute Gasteiger partial charge is 0.324 e. The molecule has 0 saturated carbocycles. The van der Waals surface area contributed by atoms with Crippen molar-refractivity contribution in [2.45, 2.75) is 11.7 Å². The van der Waals surface area contributed by atoms with Gasteiger partial charge in [0.05, 0.1) is 0 Å². The molecule has 1 amide bonds. The molecule has 1 atom stereocenters. The fourth-order valence-electron chi connectivity index (χ4n) is 0.673. The minimum atomic E-state index is -4.60. The van der Waals surface area contributed by atoms with Crippen molar-refractivity contribution in [2.24, 2.45) is 0 Å². The molecular weight excluding hydrogens is 202 g/mol. The molecule has 76 valence electrons. The van der Waals surface area contributed by atoms with Gasteiger partial charge in [0.25, 0.3) is 10.1 Å². The standard InChI is InChI=1S/C5H9NO6S/c7-3-6-2-1-4(5(8)9)13(10,11)12/h3-4H,1-2H2,(H,6,7)(H,8,9)(H,10,11,12)/t4-/m1/s1. The number of carboxylic acids is 1. The Bertz CT molecular complexity index is 283. The van der Waals surface area contributed by atoms with Crippen molar-refractivity contribution < 1.29 is 27.7 Å². The van der Waals surface area contributed by atoms with E-state index in [0.29, 0.717) is 6.41 Å². The summed E-state index contributed by atoms with van der Waals surface area (Å²) in [5.74, 6) is -1.64. The second-order valence-electron chi connectivity index (χ2n) is 2.20. The van der Waals surface area contributed by atoms with Crippen LogP contribution in [0.5, 0.6) is 0 Å². The molecule has 0 aromatic carbocycles. The van der Waals surface area contributed by atoms with Crippen LogP contribution in [0.2, 0.25) is 0 Å². The Morgan fingerprint density at radius 1 is 1.54 bits per heavy atom. The minimum absolute atomic E-state index is 0.125. The van der Waals surface area contributed by atoms with Gasteiger partial charge in [0, 0.05) is 6.54 Å². The van der Waals surface area contributed by atoms with E-state index in [9.17, 15) is 18.0 Å². The first kappa shape index (κ1) is 11.8. The summed E-state index contributed by atoms with van der Waals surface area (Å²) >= 11 is 0. The van der Waals surface area contributed by atoms with Gasteiger partial charge in [-0.3, -0.25) is 14.1 Å². The van der Waals surface area contributed by atoms with Crippen molar-refractivity contribution in [1.29, 1.82) is 0 Å². The average Bonchev–Trinajstić information content (AvgIpc) is 1.94. The Hall–Kier alpha value is -1.15. The zero-order valence-corrected chi connectivity index (χ0v) is 7.32. The first-order chi connectivity index (χ1) is 5.89. The number of carbonyl (C=O) groups excluding carboxylic acids is 1. The number of hydrogen-bond donors (Lipinski definition) is 3. The second-order valence-corrected chi connectivity index (χ2v) is 3.80. The molecular formula is C5H9NO6S. The summed E-state index contributed by atoms with van der Waals surface area (Å²) in [7, 11) is -4.60. The van der Waals surface area contributed by atoms with Crippen molar-refractivity contribution in [1.82, 2.24) is 5.32 Å². The highest BCUT2D eigenvalue weighted by Crippen LogP contribution is 2.03. The zero-order chi connectivity index (χ0) is 10.5. The summed E-state index contributed by atoms with van der Waals surface area (Å²) in [4.78, 5) is 20.0. The molecule has 0 saturated heterocycles. The Morgan fingerprint density at radius 2 is 2.08 bits per heavy atom. The van der Waals surface area contributed by atoms with E-state index in [2.05, 4.69) is 5.32 Å². The molecule has 7 nitrogen and oxygen atoms in total. The lowest BCUT2D eigenvalue weighted by atomic mass is 10.3. The Morgan fingerprint density at radius 3 is 2.38 bits per heavy atom. The van der Waals surface area contributed by atoms with E-state index < -0.39 is 21.3 Å². The summed E-state index contributed by atoms with van der Waals surface area (Å²) in [6, 6.07) is 0. The van der Waals surface area contributed by atoms with Crippen molar-refractivity contribution >= 4 is 22.5 Å². The number of carboxylic acid groups (broad SMARTS) is 1. The van der Waals surface area contributed by atoms with Crippen molar-refractivity contribution in [3.8, 4) is 0 Å². The summed E-state index contributed by atoms with van der Waals surface area (Å²) in [5, 5.41) is 8.55. The highest BCUT2D eigenvalue weighted by molar-refractivity contribution is 7.87. The molecule has 0 aromatic heterocycles. The summed E-state index contributed by atoms with van der Waals surface area (Å²) in [5.41, 5.74) is 0. The third-order valence-corrected chi connectivity index (χ3v) is 2.43. The highest BCUT2D eigenvalue weighted by atomic mass is 32.2. The van der Waals surface area contributed by atoms with Gasteiger partial charge in [-0.2, -0.15) is 8.42 Å². The number of carbonyl (C=O) groups is 2. The lowest BCUT2D eigenvalue weighted by molar-refractivity contribution is -0.136. The van der Waals surface area contributed by atoms with Gasteiger partial charge in [-0.15, -0.1) is 0 Å². The second kappa shape index (κ2) is 4.77. The van der Waals surface area contributed by atoms with Crippen molar-refractivity contribution in [3.05, 3.63) is 0 Å². The highest BCUT2D eigenvalue weighted by Gasteiger charge is 2.29. The lowest BCUT2D eigenvalue weighted by Crippen LogP contribution is -2.32. The molecule has 0 bridgehead atoms. The molecule has 0 fully saturated rings. The number of nitrogens with one attached hydrogen (secondary N) is 1. The number of amides is 1. The Balaban J connectivity index is 4.29. The summed E-state index contributed by atoms with van der Waals surface area (Å²) in [6.45, 7) is -0.125. The third kappa shape index (κ3) is 4.43. The Kier molecular flexibility index (Phi) is 4.35. The lowest BCUT2D eigenvalue weighted by Gasteiger charge is -2.07. The maximum absolute atomic E-state index is 10.4. The molecule has 0 heterocycles. The molecule has 3 N–H and O–H groups in total. The van der Waals surface area contributed by atoms with Crippen molar-refractivity contribution in [2.75, 3.05) is 6.54 Å². The van der Waals surface area contributed by atoms with Crippen LogP contribution >= 0.6 is 0 Å². The van der Waals surface area contributed by atoms with E-state index in [1.807, 2.05) is 0 Å². The maximum atomic E-state index is 10.4. The molecule has 13 heavy (non-hydrogen) atoms. The van der Waals surface area contributed by atoms with Gasteiger partial charge < -0.3 is 10.4 Å². The fraction of sp³-hybridized carbons (Fsp3) is 0.600. The predicted molar refractivity (Wildman–Crippen MR) is 41.7 cm³/mol. The fourth-order valence-corrected chi connectivity index (χ4v) is 1.34. The van der Waals surface area contributed by atoms with Crippen LogP contribution in [0.25, 0.3) is 0 Å². The zero-order valence-electron chi connectivity index (χ0n) is 6.50. The quantitative estimate of drug-likeness (QED) is 0.278. The molecule has 0 aromatic rings. The van der Waals surface area contributed by atoms with E-state index in [1.165, 1.54) is 0 Å².